The Labute approximate surface area is 66.0 Å². The standard InChI is InChI=1S/C8H13NO2/c10-7-3-4-8(11)9-5-1-2-6(7)9/h6-7,10H,1-5H2/t6-,7-/m0/s1. The third kappa shape index (κ3) is 1.03. The second kappa shape index (κ2) is 2.48. The van der Waals surface area contributed by atoms with Gasteiger partial charge in [-0.1, -0.05) is 0 Å². The lowest BCUT2D eigenvalue weighted by molar-refractivity contribution is -0.139. The van der Waals surface area contributed by atoms with Gasteiger partial charge in [0.25, 0.3) is 0 Å². The Morgan fingerprint density at radius 1 is 1.45 bits per heavy atom. The van der Waals surface area contributed by atoms with Crippen molar-refractivity contribution >= 4 is 5.91 Å². The number of carbonyl (C=O) groups excluding carboxylic acids is 1. The van der Waals surface area contributed by atoms with Crippen molar-refractivity contribution in [1.82, 2.24) is 4.90 Å². The second-order valence-corrected chi connectivity index (χ2v) is 3.40. The monoisotopic (exact) mass is 155 g/mol. The largest absolute Gasteiger partial charge is 0.391 e. The van der Waals surface area contributed by atoms with Crippen LogP contribution in [0.3, 0.4) is 0 Å². The van der Waals surface area contributed by atoms with Gasteiger partial charge in [-0.15, -0.1) is 0 Å². The molecular weight excluding hydrogens is 142 g/mol. The molecule has 2 atom stereocenters. The number of nitrogens with zero attached hydrogens (tertiary/aromatic N) is 1. The van der Waals surface area contributed by atoms with Gasteiger partial charge in [0.1, 0.15) is 0 Å². The number of rotatable bonds is 0. The minimum absolute atomic E-state index is 0.149. The Kier molecular flexibility index (Phi) is 1.60. The number of piperidine rings is 1. The highest BCUT2D eigenvalue weighted by atomic mass is 16.3. The summed E-state index contributed by atoms with van der Waals surface area (Å²) in [6, 6.07) is 0.149. The molecular formula is C8H13NO2. The molecule has 0 aliphatic carbocycles. The molecule has 3 heteroatoms. The molecule has 0 radical (unpaired) electrons. The van der Waals surface area contributed by atoms with Gasteiger partial charge in [-0.3, -0.25) is 4.79 Å². The number of amides is 1. The Bertz CT molecular complexity index is 181. The van der Waals surface area contributed by atoms with E-state index in [1.807, 2.05) is 4.90 Å². The van der Waals surface area contributed by atoms with E-state index >= 15 is 0 Å². The topological polar surface area (TPSA) is 40.5 Å². The zero-order valence-electron chi connectivity index (χ0n) is 6.49. The number of carbonyl (C=O) groups is 1. The van der Waals surface area contributed by atoms with Crippen LogP contribution in [-0.2, 0) is 4.79 Å². The first kappa shape index (κ1) is 7.10. The average Bonchev–Trinajstić information content (AvgIpc) is 2.45. The highest BCUT2D eigenvalue weighted by Gasteiger charge is 2.37. The lowest BCUT2D eigenvalue weighted by Gasteiger charge is -2.33. The summed E-state index contributed by atoms with van der Waals surface area (Å²) >= 11 is 0. The van der Waals surface area contributed by atoms with Crippen molar-refractivity contribution < 1.29 is 9.90 Å². The Balaban J connectivity index is 2.14. The van der Waals surface area contributed by atoms with Crippen LogP contribution in [0.15, 0.2) is 0 Å². The number of fused-ring (bicyclic) bond motifs is 1. The summed E-state index contributed by atoms with van der Waals surface area (Å²) in [5.74, 6) is 0.234. The molecule has 2 heterocycles. The van der Waals surface area contributed by atoms with Gasteiger partial charge in [0, 0.05) is 13.0 Å². The van der Waals surface area contributed by atoms with Gasteiger partial charge in [-0.25, -0.2) is 0 Å². The minimum atomic E-state index is -0.254. The van der Waals surface area contributed by atoms with Crippen LogP contribution in [0.1, 0.15) is 25.7 Å². The van der Waals surface area contributed by atoms with Crippen LogP contribution < -0.4 is 0 Å². The zero-order valence-corrected chi connectivity index (χ0v) is 6.49. The van der Waals surface area contributed by atoms with Crippen LogP contribution in [0, 0.1) is 0 Å². The fourth-order valence-corrected chi connectivity index (χ4v) is 2.11. The summed E-state index contributed by atoms with van der Waals surface area (Å²) in [7, 11) is 0. The molecule has 1 N–H and O–H groups in total. The van der Waals surface area contributed by atoms with Gasteiger partial charge in [0.15, 0.2) is 0 Å². The van der Waals surface area contributed by atoms with Gasteiger partial charge in [-0.05, 0) is 19.3 Å². The predicted octanol–water partition coefficient (Wildman–Crippen LogP) is 0.132. The molecule has 0 spiro atoms. The van der Waals surface area contributed by atoms with Crippen LogP contribution in [0.5, 0.6) is 0 Å². The highest BCUT2D eigenvalue weighted by Crippen LogP contribution is 2.27. The lowest BCUT2D eigenvalue weighted by Crippen LogP contribution is -2.47. The van der Waals surface area contributed by atoms with Crippen LogP contribution in [-0.4, -0.2) is 34.6 Å². The van der Waals surface area contributed by atoms with Crippen LogP contribution in [0.2, 0.25) is 0 Å². The summed E-state index contributed by atoms with van der Waals surface area (Å²) in [5.41, 5.74) is 0. The van der Waals surface area contributed by atoms with E-state index in [1.165, 1.54) is 0 Å². The van der Waals surface area contributed by atoms with Crippen molar-refractivity contribution in [2.75, 3.05) is 6.54 Å². The summed E-state index contributed by atoms with van der Waals surface area (Å²) in [4.78, 5) is 13.1. The van der Waals surface area contributed by atoms with Gasteiger partial charge in [0.05, 0.1) is 12.1 Å². The fraction of sp³-hybridized carbons (Fsp3) is 0.875. The Hall–Kier alpha value is -0.570. The van der Waals surface area contributed by atoms with Crippen LogP contribution in [0.4, 0.5) is 0 Å². The van der Waals surface area contributed by atoms with Crippen molar-refractivity contribution in [2.45, 2.75) is 37.8 Å². The van der Waals surface area contributed by atoms with Gasteiger partial charge in [-0.2, -0.15) is 0 Å². The molecule has 2 saturated heterocycles. The molecule has 0 bridgehead atoms. The summed E-state index contributed by atoms with van der Waals surface area (Å²) < 4.78 is 0. The molecule has 2 aliphatic rings. The smallest absolute Gasteiger partial charge is 0.223 e. The van der Waals surface area contributed by atoms with E-state index in [0.29, 0.717) is 12.8 Å². The van der Waals surface area contributed by atoms with Crippen molar-refractivity contribution in [3.8, 4) is 0 Å². The van der Waals surface area contributed by atoms with E-state index in [-0.39, 0.29) is 18.1 Å². The normalized spacial score (nSPS) is 37.5. The molecule has 0 aromatic carbocycles. The summed E-state index contributed by atoms with van der Waals surface area (Å²) in [6.45, 7) is 0.862. The minimum Gasteiger partial charge on any atom is -0.391 e. The molecule has 0 aromatic rings. The van der Waals surface area contributed by atoms with E-state index < -0.39 is 0 Å². The molecule has 2 fully saturated rings. The lowest BCUT2D eigenvalue weighted by atomic mass is 9.99. The molecule has 2 rings (SSSR count). The molecule has 62 valence electrons. The first-order valence-corrected chi connectivity index (χ1v) is 4.26. The third-order valence-corrected chi connectivity index (χ3v) is 2.72. The molecule has 11 heavy (non-hydrogen) atoms. The van der Waals surface area contributed by atoms with Crippen molar-refractivity contribution in [3.63, 3.8) is 0 Å². The fourth-order valence-electron chi connectivity index (χ4n) is 2.11. The van der Waals surface area contributed by atoms with Crippen molar-refractivity contribution in [2.24, 2.45) is 0 Å². The van der Waals surface area contributed by atoms with Crippen molar-refractivity contribution in [3.05, 3.63) is 0 Å². The highest BCUT2D eigenvalue weighted by molar-refractivity contribution is 5.77. The number of hydrogen-bond acceptors (Lipinski definition) is 2. The molecule has 0 unspecified atom stereocenters. The first-order chi connectivity index (χ1) is 5.29. The number of hydrogen-bond donors (Lipinski definition) is 1. The SMILES string of the molecule is O=C1CC[C@H](O)[C@@H]2CCCN12. The second-order valence-electron chi connectivity index (χ2n) is 3.40. The summed E-state index contributed by atoms with van der Waals surface area (Å²) in [5, 5.41) is 9.50. The number of aliphatic hydroxyl groups is 1. The third-order valence-electron chi connectivity index (χ3n) is 2.72. The Morgan fingerprint density at radius 2 is 2.27 bits per heavy atom. The van der Waals surface area contributed by atoms with Gasteiger partial charge in [0.2, 0.25) is 5.91 Å². The van der Waals surface area contributed by atoms with E-state index in [4.69, 9.17) is 0 Å². The quantitative estimate of drug-likeness (QED) is 0.540. The molecule has 0 saturated carbocycles. The number of aliphatic hydroxyl groups excluding tert-OH is 1. The molecule has 0 aromatic heterocycles. The van der Waals surface area contributed by atoms with Gasteiger partial charge < -0.3 is 10.0 Å². The van der Waals surface area contributed by atoms with Crippen LogP contribution >= 0.6 is 0 Å². The van der Waals surface area contributed by atoms with Gasteiger partial charge >= 0.3 is 0 Å². The predicted molar refractivity (Wildman–Crippen MR) is 40.0 cm³/mol. The van der Waals surface area contributed by atoms with E-state index in [0.717, 1.165) is 19.4 Å². The first-order valence-electron chi connectivity index (χ1n) is 4.26. The maximum Gasteiger partial charge on any atom is 0.223 e. The zero-order chi connectivity index (χ0) is 7.84. The average molecular weight is 155 g/mol. The van der Waals surface area contributed by atoms with Crippen LogP contribution in [0.25, 0.3) is 0 Å². The molecule has 2 aliphatic heterocycles. The maximum absolute atomic E-state index is 11.2. The van der Waals surface area contributed by atoms with Crippen molar-refractivity contribution in [1.29, 1.82) is 0 Å². The van der Waals surface area contributed by atoms with E-state index in [9.17, 15) is 9.90 Å². The maximum atomic E-state index is 11.2. The van der Waals surface area contributed by atoms with E-state index in [2.05, 4.69) is 0 Å². The molecule has 1 amide bonds. The summed E-state index contributed by atoms with van der Waals surface area (Å²) in [6.07, 6.45) is 3.01. The molecule has 3 nitrogen and oxygen atoms in total. The Morgan fingerprint density at radius 3 is 3.00 bits per heavy atom. The van der Waals surface area contributed by atoms with E-state index in [1.54, 1.807) is 0 Å².